The molecule has 1 aliphatic rings. The molecule has 1 unspecified atom stereocenters. The van der Waals surface area contributed by atoms with Crippen LogP contribution in [0.1, 0.15) is 48.2 Å². The van der Waals surface area contributed by atoms with Gasteiger partial charge in [0, 0.05) is 22.5 Å². The first-order chi connectivity index (χ1) is 14.9. The molecule has 0 aliphatic carbocycles. The second-order valence-electron chi connectivity index (χ2n) is 7.17. The van der Waals surface area contributed by atoms with E-state index in [0.717, 1.165) is 0 Å². The lowest BCUT2D eigenvalue weighted by molar-refractivity contribution is -0.139. The van der Waals surface area contributed by atoms with E-state index in [1.165, 1.54) is 7.11 Å². The van der Waals surface area contributed by atoms with Crippen molar-refractivity contribution in [2.24, 2.45) is 0 Å². The molecule has 0 aromatic heterocycles. The van der Waals surface area contributed by atoms with Crippen molar-refractivity contribution in [1.82, 2.24) is 5.32 Å². The van der Waals surface area contributed by atoms with Gasteiger partial charge in [0.25, 0.3) is 0 Å². The number of benzene rings is 2. The normalized spacial score (nSPS) is 15.9. The molecule has 1 atom stereocenters. The Labute approximate surface area is 181 Å². The average molecular weight is 419 g/mol. The van der Waals surface area contributed by atoms with Crippen LogP contribution in [0.2, 0.25) is 0 Å². The quantitative estimate of drug-likeness (QED) is 0.565. The highest BCUT2D eigenvalue weighted by Gasteiger charge is 2.37. The Balaban J connectivity index is 2.15. The third kappa shape index (κ3) is 4.43. The van der Waals surface area contributed by atoms with Crippen LogP contribution in [0.5, 0.6) is 0 Å². The fourth-order valence-electron chi connectivity index (χ4n) is 3.80. The Morgan fingerprint density at radius 1 is 0.871 bits per heavy atom. The number of esters is 2. The third-order valence-electron chi connectivity index (χ3n) is 5.18. The molecule has 0 spiro atoms. The van der Waals surface area contributed by atoms with Crippen molar-refractivity contribution in [3.63, 3.8) is 0 Å². The molecule has 0 amide bonds. The van der Waals surface area contributed by atoms with Crippen LogP contribution in [-0.2, 0) is 19.1 Å². The molecule has 0 saturated carbocycles. The number of methoxy groups -OCH3 is 1. The molecule has 160 valence electrons. The average Bonchev–Trinajstić information content (AvgIpc) is 2.78. The highest BCUT2D eigenvalue weighted by Crippen LogP contribution is 2.39. The second kappa shape index (κ2) is 9.43. The number of ether oxygens (including phenoxy) is 2. The lowest BCUT2D eigenvalue weighted by Crippen LogP contribution is -2.32. The molecule has 31 heavy (non-hydrogen) atoms. The van der Waals surface area contributed by atoms with E-state index in [1.807, 2.05) is 6.07 Å². The lowest BCUT2D eigenvalue weighted by atomic mass is 9.79. The number of dihydropyridines is 1. The van der Waals surface area contributed by atoms with Crippen LogP contribution in [0.25, 0.3) is 0 Å². The molecule has 1 N–H and O–H groups in total. The van der Waals surface area contributed by atoms with Gasteiger partial charge in [-0.3, -0.25) is 4.79 Å². The summed E-state index contributed by atoms with van der Waals surface area (Å²) < 4.78 is 10.3. The number of hydrogen-bond donors (Lipinski definition) is 1. The van der Waals surface area contributed by atoms with Gasteiger partial charge >= 0.3 is 11.9 Å². The maximum atomic E-state index is 13.0. The zero-order valence-electron chi connectivity index (χ0n) is 18.0. The maximum absolute atomic E-state index is 13.0. The van der Waals surface area contributed by atoms with Gasteiger partial charge in [0.1, 0.15) is 0 Å². The highest BCUT2D eigenvalue weighted by molar-refractivity contribution is 6.09. The van der Waals surface area contributed by atoms with E-state index in [2.05, 4.69) is 5.32 Å². The highest BCUT2D eigenvalue weighted by atomic mass is 16.5. The van der Waals surface area contributed by atoms with Gasteiger partial charge in [0.15, 0.2) is 5.78 Å². The molecule has 0 fully saturated rings. The molecular formula is C25H25NO5. The van der Waals surface area contributed by atoms with Gasteiger partial charge in [0.05, 0.1) is 30.8 Å². The smallest absolute Gasteiger partial charge is 0.336 e. The van der Waals surface area contributed by atoms with Crippen LogP contribution in [0.3, 0.4) is 0 Å². The molecule has 2 aromatic rings. The minimum Gasteiger partial charge on any atom is -0.466 e. The zero-order valence-corrected chi connectivity index (χ0v) is 18.0. The van der Waals surface area contributed by atoms with E-state index in [4.69, 9.17) is 9.47 Å². The predicted molar refractivity (Wildman–Crippen MR) is 116 cm³/mol. The summed E-state index contributed by atoms with van der Waals surface area (Å²) in [6.45, 7) is 5.44. The number of ketones is 1. The summed E-state index contributed by atoms with van der Waals surface area (Å²) in [6.07, 6.45) is 0. The van der Waals surface area contributed by atoms with E-state index in [0.29, 0.717) is 39.2 Å². The molecule has 2 aromatic carbocycles. The number of rotatable bonds is 6. The van der Waals surface area contributed by atoms with E-state index >= 15 is 0 Å². The van der Waals surface area contributed by atoms with Gasteiger partial charge < -0.3 is 14.8 Å². The Kier molecular flexibility index (Phi) is 6.70. The summed E-state index contributed by atoms with van der Waals surface area (Å²) in [5.41, 5.74) is 3.45. The fraction of sp³-hybridized carbons (Fsp3) is 0.240. The number of carbonyl (C=O) groups is 3. The predicted octanol–water partition coefficient (Wildman–Crippen LogP) is 3.89. The van der Waals surface area contributed by atoms with Gasteiger partial charge in [-0.25, -0.2) is 9.59 Å². The molecule has 6 nitrogen and oxygen atoms in total. The van der Waals surface area contributed by atoms with E-state index in [1.54, 1.807) is 69.3 Å². The number of carbonyl (C=O) groups excluding carboxylic acids is 3. The Morgan fingerprint density at radius 3 is 2.10 bits per heavy atom. The van der Waals surface area contributed by atoms with E-state index in [-0.39, 0.29) is 12.4 Å². The molecular weight excluding hydrogens is 394 g/mol. The van der Waals surface area contributed by atoms with Crippen LogP contribution < -0.4 is 5.32 Å². The summed E-state index contributed by atoms with van der Waals surface area (Å²) in [5, 5.41) is 3.09. The van der Waals surface area contributed by atoms with Gasteiger partial charge in [-0.2, -0.15) is 0 Å². The fourth-order valence-corrected chi connectivity index (χ4v) is 3.80. The van der Waals surface area contributed by atoms with Crippen molar-refractivity contribution < 1.29 is 23.9 Å². The minimum absolute atomic E-state index is 0.143. The van der Waals surface area contributed by atoms with Crippen LogP contribution in [0.4, 0.5) is 0 Å². The number of nitrogens with one attached hydrogen (secondary N) is 1. The van der Waals surface area contributed by atoms with Gasteiger partial charge in [-0.05, 0) is 32.4 Å². The van der Waals surface area contributed by atoms with Crippen LogP contribution in [0, 0.1) is 0 Å². The SMILES string of the molecule is CCOC(=O)C1=C(C)NC(C)=C(C(=O)OC)C1c1cccc(C(=O)c2ccccc2)c1. The molecule has 1 aliphatic heterocycles. The van der Waals surface area contributed by atoms with Crippen molar-refractivity contribution in [1.29, 1.82) is 0 Å². The first-order valence-electron chi connectivity index (χ1n) is 10.0. The van der Waals surface area contributed by atoms with Crippen molar-refractivity contribution in [3.05, 3.63) is 93.8 Å². The molecule has 0 bridgehead atoms. The van der Waals surface area contributed by atoms with Gasteiger partial charge in [-0.15, -0.1) is 0 Å². The van der Waals surface area contributed by atoms with Crippen molar-refractivity contribution in [2.75, 3.05) is 13.7 Å². The third-order valence-corrected chi connectivity index (χ3v) is 5.18. The summed E-state index contributed by atoms with van der Waals surface area (Å²) >= 11 is 0. The van der Waals surface area contributed by atoms with E-state index < -0.39 is 17.9 Å². The van der Waals surface area contributed by atoms with Gasteiger partial charge in [0.2, 0.25) is 0 Å². The Hall–Kier alpha value is -3.67. The van der Waals surface area contributed by atoms with Crippen molar-refractivity contribution in [3.8, 4) is 0 Å². The van der Waals surface area contributed by atoms with Crippen LogP contribution >= 0.6 is 0 Å². The largest absolute Gasteiger partial charge is 0.466 e. The standard InChI is InChI=1S/C25H25NO5/c1-5-31-25(29)21-16(3)26-15(2)20(24(28)30-4)22(21)18-12-9-13-19(14-18)23(27)17-10-7-6-8-11-17/h6-14,22,26H,5H2,1-4H3. The maximum Gasteiger partial charge on any atom is 0.336 e. The monoisotopic (exact) mass is 419 g/mol. The molecule has 3 rings (SSSR count). The van der Waals surface area contributed by atoms with Crippen molar-refractivity contribution in [2.45, 2.75) is 26.7 Å². The van der Waals surface area contributed by atoms with Gasteiger partial charge in [-0.1, -0.05) is 48.5 Å². The first-order valence-corrected chi connectivity index (χ1v) is 10.0. The molecule has 0 radical (unpaired) electrons. The Morgan fingerprint density at radius 2 is 1.48 bits per heavy atom. The molecule has 1 heterocycles. The lowest BCUT2D eigenvalue weighted by Gasteiger charge is -2.30. The van der Waals surface area contributed by atoms with E-state index in [9.17, 15) is 14.4 Å². The molecule has 6 heteroatoms. The second-order valence-corrected chi connectivity index (χ2v) is 7.17. The summed E-state index contributed by atoms with van der Waals surface area (Å²) in [4.78, 5) is 38.5. The minimum atomic E-state index is -0.726. The first kappa shape index (κ1) is 22.0. The summed E-state index contributed by atoms with van der Waals surface area (Å²) in [5.74, 6) is -1.94. The van der Waals surface area contributed by atoms with Crippen LogP contribution in [-0.4, -0.2) is 31.4 Å². The number of hydrogen-bond acceptors (Lipinski definition) is 6. The van der Waals surface area contributed by atoms with Crippen LogP contribution in [0.15, 0.2) is 77.1 Å². The zero-order chi connectivity index (χ0) is 22.5. The number of allylic oxidation sites excluding steroid dienone is 2. The Bertz CT molecular complexity index is 1080. The molecule has 0 saturated heterocycles. The van der Waals surface area contributed by atoms with Crippen molar-refractivity contribution >= 4 is 17.7 Å². The summed E-state index contributed by atoms with van der Waals surface area (Å²) in [6, 6.07) is 15.9. The topological polar surface area (TPSA) is 81.7 Å². The summed E-state index contributed by atoms with van der Waals surface area (Å²) in [7, 11) is 1.30.